The van der Waals surface area contributed by atoms with Crippen molar-refractivity contribution in [3.63, 3.8) is 0 Å². The van der Waals surface area contributed by atoms with Crippen LogP contribution in [0, 0.1) is 5.41 Å². The molecular formula is C22H36ClN5O. The lowest BCUT2D eigenvalue weighted by molar-refractivity contribution is 0.00937. The van der Waals surface area contributed by atoms with E-state index in [2.05, 4.69) is 27.4 Å². The third-order valence-electron chi connectivity index (χ3n) is 5.99. The minimum Gasteiger partial charge on any atom is -0.379 e. The summed E-state index contributed by atoms with van der Waals surface area (Å²) in [4.78, 5) is 11.8. The molecule has 0 unspecified atom stereocenters. The molecule has 1 aromatic rings. The number of halogens is 1. The number of morpholine rings is 1. The molecule has 1 aliphatic heterocycles. The number of hydrogen-bond donors (Lipinski definition) is 2. The zero-order valence-electron chi connectivity index (χ0n) is 17.8. The lowest BCUT2D eigenvalue weighted by atomic mass is 9.73. The molecular weight excluding hydrogens is 386 g/mol. The normalized spacial score (nSPS) is 20.4. The maximum absolute atomic E-state index is 5.87. The Hall–Kier alpha value is -1.37. The molecule has 0 amide bonds. The number of aromatic nitrogens is 1. The van der Waals surface area contributed by atoms with E-state index in [4.69, 9.17) is 21.3 Å². The molecule has 2 aliphatic rings. The molecule has 0 aromatic carbocycles. The molecule has 2 heterocycles. The molecule has 2 N–H and O–H groups in total. The highest BCUT2D eigenvalue weighted by atomic mass is 35.5. The lowest BCUT2D eigenvalue weighted by Crippen LogP contribution is -2.46. The fourth-order valence-corrected chi connectivity index (χ4v) is 4.48. The van der Waals surface area contributed by atoms with Crippen molar-refractivity contribution >= 4 is 17.6 Å². The highest BCUT2D eigenvalue weighted by Gasteiger charge is 2.34. The smallest absolute Gasteiger partial charge is 0.191 e. The summed E-state index contributed by atoms with van der Waals surface area (Å²) in [5.41, 5.74) is 1.48. The SMILES string of the molecule is CCNC(=NCC1(CN2CCOCC2)CCCCC1)NCCc1ccc(Cl)nc1. The second kappa shape index (κ2) is 11.7. The Bertz CT molecular complexity index is 625. The molecule has 29 heavy (non-hydrogen) atoms. The van der Waals surface area contributed by atoms with Gasteiger partial charge in [0.1, 0.15) is 5.15 Å². The first kappa shape index (κ1) is 22.3. The summed E-state index contributed by atoms with van der Waals surface area (Å²) in [5.74, 6) is 0.918. The molecule has 1 saturated carbocycles. The van der Waals surface area contributed by atoms with Crippen LogP contribution >= 0.6 is 11.6 Å². The van der Waals surface area contributed by atoms with Gasteiger partial charge >= 0.3 is 0 Å². The summed E-state index contributed by atoms with van der Waals surface area (Å²) < 4.78 is 5.54. The van der Waals surface area contributed by atoms with Crippen molar-refractivity contribution < 1.29 is 4.74 Å². The van der Waals surface area contributed by atoms with Crippen LogP contribution in [0.3, 0.4) is 0 Å². The second-order valence-corrected chi connectivity index (χ2v) is 8.70. The van der Waals surface area contributed by atoms with Crippen LogP contribution < -0.4 is 10.6 Å². The van der Waals surface area contributed by atoms with Gasteiger partial charge in [-0.25, -0.2) is 4.98 Å². The van der Waals surface area contributed by atoms with E-state index in [0.717, 1.165) is 64.9 Å². The van der Waals surface area contributed by atoms with Gasteiger partial charge in [-0.2, -0.15) is 0 Å². The van der Waals surface area contributed by atoms with E-state index >= 15 is 0 Å². The van der Waals surface area contributed by atoms with Crippen molar-refractivity contribution in [3.8, 4) is 0 Å². The molecule has 0 atom stereocenters. The van der Waals surface area contributed by atoms with Crippen LogP contribution in [-0.4, -0.2) is 68.3 Å². The number of guanidine groups is 1. The van der Waals surface area contributed by atoms with Gasteiger partial charge in [0.2, 0.25) is 0 Å². The standard InChI is InChI=1S/C22H36ClN5O/c1-2-24-21(25-11-8-19-6-7-20(23)26-16-19)27-17-22(9-4-3-5-10-22)18-28-12-14-29-15-13-28/h6-7,16H,2-5,8-15,17-18H2,1H3,(H2,24,25,27). The molecule has 162 valence electrons. The third kappa shape index (κ3) is 7.43. The summed E-state index contributed by atoms with van der Waals surface area (Å²) >= 11 is 5.87. The number of pyridine rings is 1. The van der Waals surface area contributed by atoms with Crippen LogP contribution in [-0.2, 0) is 11.2 Å². The van der Waals surface area contributed by atoms with Crippen molar-refractivity contribution in [1.82, 2.24) is 20.5 Å². The summed E-state index contributed by atoms with van der Waals surface area (Å²) in [6, 6.07) is 3.87. The lowest BCUT2D eigenvalue weighted by Gasteiger charge is -2.41. The predicted octanol–water partition coefficient (Wildman–Crippen LogP) is 3.12. The Labute approximate surface area is 180 Å². The molecule has 1 saturated heterocycles. The van der Waals surface area contributed by atoms with Gasteiger partial charge < -0.3 is 15.4 Å². The van der Waals surface area contributed by atoms with Gasteiger partial charge in [0, 0.05) is 50.9 Å². The van der Waals surface area contributed by atoms with Crippen LogP contribution in [0.25, 0.3) is 0 Å². The van der Waals surface area contributed by atoms with Crippen LogP contribution in [0.2, 0.25) is 5.15 Å². The Balaban J connectivity index is 1.56. The third-order valence-corrected chi connectivity index (χ3v) is 6.21. The highest BCUT2D eigenvalue weighted by Crippen LogP contribution is 2.37. The zero-order valence-corrected chi connectivity index (χ0v) is 18.5. The van der Waals surface area contributed by atoms with E-state index < -0.39 is 0 Å². The predicted molar refractivity (Wildman–Crippen MR) is 120 cm³/mol. The molecule has 7 heteroatoms. The molecule has 3 rings (SSSR count). The van der Waals surface area contributed by atoms with Crippen molar-refractivity contribution in [3.05, 3.63) is 29.0 Å². The van der Waals surface area contributed by atoms with E-state index in [0.29, 0.717) is 10.6 Å². The number of nitrogens with zero attached hydrogens (tertiary/aromatic N) is 3. The van der Waals surface area contributed by atoms with Crippen molar-refractivity contribution in [2.75, 3.05) is 52.5 Å². The first-order valence-corrected chi connectivity index (χ1v) is 11.5. The summed E-state index contributed by atoms with van der Waals surface area (Å²) in [6.45, 7) is 9.68. The quantitative estimate of drug-likeness (QED) is 0.383. The summed E-state index contributed by atoms with van der Waals surface area (Å²) in [6.07, 6.45) is 9.32. The van der Waals surface area contributed by atoms with Gasteiger partial charge in [-0.1, -0.05) is 36.9 Å². The Morgan fingerprint density at radius 3 is 2.69 bits per heavy atom. The van der Waals surface area contributed by atoms with E-state index in [-0.39, 0.29) is 0 Å². The molecule has 0 radical (unpaired) electrons. The van der Waals surface area contributed by atoms with E-state index in [1.807, 2.05) is 18.3 Å². The van der Waals surface area contributed by atoms with Gasteiger partial charge in [-0.15, -0.1) is 0 Å². The number of hydrogen-bond acceptors (Lipinski definition) is 4. The van der Waals surface area contributed by atoms with Crippen molar-refractivity contribution in [2.24, 2.45) is 10.4 Å². The maximum Gasteiger partial charge on any atom is 0.191 e. The van der Waals surface area contributed by atoms with Crippen molar-refractivity contribution in [1.29, 1.82) is 0 Å². The topological polar surface area (TPSA) is 61.8 Å². The van der Waals surface area contributed by atoms with E-state index in [9.17, 15) is 0 Å². The van der Waals surface area contributed by atoms with E-state index in [1.165, 1.54) is 37.7 Å². The Kier molecular flexibility index (Phi) is 9.02. The largest absolute Gasteiger partial charge is 0.379 e. The minimum absolute atomic E-state index is 0.304. The van der Waals surface area contributed by atoms with Gasteiger partial charge in [0.15, 0.2) is 5.96 Å². The van der Waals surface area contributed by atoms with Gasteiger partial charge in [0.25, 0.3) is 0 Å². The van der Waals surface area contributed by atoms with Gasteiger partial charge in [0.05, 0.1) is 13.2 Å². The van der Waals surface area contributed by atoms with Gasteiger partial charge in [-0.3, -0.25) is 9.89 Å². The number of nitrogens with one attached hydrogen (secondary N) is 2. The first-order chi connectivity index (χ1) is 14.2. The minimum atomic E-state index is 0.304. The highest BCUT2D eigenvalue weighted by molar-refractivity contribution is 6.29. The zero-order chi connectivity index (χ0) is 20.4. The van der Waals surface area contributed by atoms with Crippen molar-refractivity contribution in [2.45, 2.75) is 45.4 Å². The average molecular weight is 422 g/mol. The average Bonchev–Trinajstić information content (AvgIpc) is 2.75. The summed E-state index contributed by atoms with van der Waals surface area (Å²) in [5, 5.41) is 7.43. The second-order valence-electron chi connectivity index (χ2n) is 8.31. The fourth-order valence-electron chi connectivity index (χ4n) is 4.37. The molecule has 0 spiro atoms. The van der Waals surface area contributed by atoms with Crippen LogP contribution in [0.5, 0.6) is 0 Å². The first-order valence-electron chi connectivity index (χ1n) is 11.1. The van der Waals surface area contributed by atoms with Crippen LogP contribution in [0.15, 0.2) is 23.3 Å². The monoisotopic (exact) mass is 421 g/mol. The Morgan fingerprint density at radius 1 is 1.21 bits per heavy atom. The molecule has 2 fully saturated rings. The molecule has 6 nitrogen and oxygen atoms in total. The maximum atomic E-state index is 5.87. The molecule has 1 aliphatic carbocycles. The fraction of sp³-hybridized carbons (Fsp3) is 0.727. The van der Waals surface area contributed by atoms with E-state index in [1.54, 1.807) is 0 Å². The number of aliphatic imine (C=N–C) groups is 1. The molecule has 0 bridgehead atoms. The number of rotatable bonds is 8. The number of ether oxygens (including phenoxy) is 1. The van der Waals surface area contributed by atoms with Gasteiger partial charge in [-0.05, 0) is 37.8 Å². The molecule has 1 aromatic heterocycles. The summed E-state index contributed by atoms with van der Waals surface area (Å²) in [7, 11) is 0. The van der Waals surface area contributed by atoms with Crippen LogP contribution in [0.1, 0.15) is 44.6 Å². The van der Waals surface area contributed by atoms with Crippen LogP contribution in [0.4, 0.5) is 0 Å². The Morgan fingerprint density at radius 2 is 2.00 bits per heavy atom.